The maximum absolute atomic E-state index is 12.2. The topological polar surface area (TPSA) is 57.5 Å². The van der Waals surface area contributed by atoms with Gasteiger partial charge in [-0.25, -0.2) is 0 Å². The van der Waals surface area contributed by atoms with Crippen LogP contribution in [0.25, 0.3) is 0 Å². The van der Waals surface area contributed by atoms with E-state index in [1.165, 1.54) is 18.4 Å². The van der Waals surface area contributed by atoms with Crippen molar-refractivity contribution >= 4 is 5.78 Å². The van der Waals surface area contributed by atoms with Gasteiger partial charge in [0.2, 0.25) is 0 Å². The second-order valence-electron chi connectivity index (χ2n) is 11.1. The highest BCUT2D eigenvalue weighted by molar-refractivity contribution is 5.93. The van der Waals surface area contributed by atoms with Gasteiger partial charge in [0.1, 0.15) is 0 Å². The number of hydrogen-bond acceptors (Lipinski definition) is 3. The number of hydrogen-bond donors (Lipinski definition) is 2. The van der Waals surface area contributed by atoms with E-state index in [0.29, 0.717) is 35.5 Å². The van der Waals surface area contributed by atoms with Crippen LogP contribution in [0, 0.1) is 34.5 Å². The molecule has 2 N–H and O–H groups in total. The van der Waals surface area contributed by atoms with Crippen LogP contribution in [-0.4, -0.2) is 27.7 Å². The molecule has 0 aliphatic heterocycles. The van der Waals surface area contributed by atoms with Crippen molar-refractivity contribution < 1.29 is 15.0 Å². The molecular weight excluding hydrogens is 336 g/mol. The van der Waals surface area contributed by atoms with Gasteiger partial charge < -0.3 is 10.2 Å². The first kappa shape index (κ1) is 18.4. The van der Waals surface area contributed by atoms with Crippen LogP contribution in [0.2, 0.25) is 0 Å². The van der Waals surface area contributed by atoms with Gasteiger partial charge in [0.25, 0.3) is 0 Å². The molecule has 0 aromatic rings. The summed E-state index contributed by atoms with van der Waals surface area (Å²) in [7, 11) is 0. The van der Waals surface area contributed by atoms with E-state index in [-0.39, 0.29) is 17.3 Å². The Bertz CT molecular complexity index is 683. The Balaban J connectivity index is 1.47. The lowest BCUT2D eigenvalue weighted by Crippen LogP contribution is -2.62. The normalized spacial score (nSPS) is 54.9. The van der Waals surface area contributed by atoms with Crippen molar-refractivity contribution in [3.05, 3.63) is 11.6 Å². The van der Waals surface area contributed by atoms with Crippen molar-refractivity contribution in [2.45, 2.75) is 96.2 Å². The molecule has 0 radical (unpaired) electrons. The molecule has 0 aromatic carbocycles. The third-order valence-electron chi connectivity index (χ3n) is 10.3. The largest absolute Gasteiger partial charge is 0.393 e. The molecule has 3 heteroatoms. The molecule has 5 rings (SSSR count). The summed E-state index contributed by atoms with van der Waals surface area (Å²) in [5.41, 5.74) is 0.983. The van der Waals surface area contributed by atoms with Gasteiger partial charge >= 0.3 is 0 Å². The molecule has 150 valence electrons. The van der Waals surface area contributed by atoms with Gasteiger partial charge in [-0.3, -0.25) is 4.79 Å². The lowest BCUT2D eigenvalue weighted by molar-refractivity contribution is -0.208. The minimum atomic E-state index is -0.572. The molecule has 0 heterocycles. The van der Waals surface area contributed by atoms with Gasteiger partial charge in [-0.15, -0.1) is 0 Å². The Kier molecular flexibility index (Phi) is 4.03. The molecule has 27 heavy (non-hydrogen) atoms. The van der Waals surface area contributed by atoms with E-state index in [4.69, 9.17) is 0 Å². The zero-order valence-electron chi connectivity index (χ0n) is 17.0. The van der Waals surface area contributed by atoms with Crippen LogP contribution in [0.5, 0.6) is 0 Å². The number of carbonyl (C=O) groups is 1. The predicted molar refractivity (Wildman–Crippen MR) is 105 cm³/mol. The van der Waals surface area contributed by atoms with Crippen molar-refractivity contribution in [1.29, 1.82) is 0 Å². The van der Waals surface area contributed by atoms with Crippen molar-refractivity contribution in [2.75, 3.05) is 0 Å². The number of allylic oxidation sites excluding steroid dienone is 2. The number of rotatable bonds is 1. The highest BCUT2D eigenvalue weighted by Gasteiger charge is 2.67. The highest BCUT2D eigenvalue weighted by atomic mass is 16.3. The number of fused-ring (bicyclic) bond motifs is 5. The van der Waals surface area contributed by atoms with Crippen LogP contribution < -0.4 is 0 Å². The standard InChI is InChI=1S/C24H36O3/c1-22-10-7-18(26)14-16(22)4-6-21-20(22)8-11-23(2)19(9-12-24(21,23)27)15-3-5-17(25)13-15/h13,16,18-21,26-27H,3-12,14H2,1-2H3/t16-,18?,19?,20?,21?,22?,23?,24?/m1/s1. The number of aliphatic hydroxyl groups is 2. The van der Waals surface area contributed by atoms with E-state index in [2.05, 4.69) is 13.8 Å². The molecule has 7 unspecified atom stereocenters. The predicted octanol–water partition coefficient (Wildman–Crippen LogP) is 4.41. The summed E-state index contributed by atoms with van der Waals surface area (Å²) in [6.45, 7) is 4.81. The fraction of sp³-hybridized carbons (Fsp3) is 0.875. The first-order chi connectivity index (χ1) is 12.8. The first-order valence-corrected chi connectivity index (χ1v) is 11.4. The maximum atomic E-state index is 12.2. The zero-order valence-corrected chi connectivity index (χ0v) is 17.0. The zero-order chi connectivity index (χ0) is 19.0. The monoisotopic (exact) mass is 372 g/mol. The molecular formula is C24H36O3. The van der Waals surface area contributed by atoms with Crippen LogP contribution >= 0.6 is 0 Å². The smallest absolute Gasteiger partial charge is 0.155 e. The molecule has 4 fully saturated rings. The Morgan fingerprint density at radius 1 is 0.963 bits per heavy atom. The summed E-state index contributed by atoms with van der Waals surface area (Å²) >= 11 is 0. The van der Waals surface area contributed by atoms with E-state index in [9.17, 15) is 15.0 Å². The van der Waals surface area contributed by atoms with E-state index in [1.807, 2.05) is 6.08 Å². The van der Waals surface area contributed by atoms with Gasteiger partial charge in [0, 0.05) is 11.8 Å². The van der Waals surface area contributed by atoms with Gasteiger partial charge in [-0.2, -0.15) is 0 Å². The summed E-state index contributed by atoms with van der Waals surface area (Å²) in [6.07, 6.45) is 13.0. The molecule has 0 aromatic heterocycles. The molecule has 5 aliphatic rings. The highest BCUT2D eigenvalue weighted by Crippen LogP contribution is 2.70. The molecule has 4 saturated carbocycles. The van der Waals surface area contributed by atoms with E-state index < -0.39 is 5.60 Å². The van der Waals surface area contributed by atoms with Gasteiger partial charge in [-0.1, -0.05) is 19.4 Å². The third-order valence-corrected chi connectivity index (χ3v) is 10.3. The van der Waals surface area contributed by atoms with E-state index >= 15 is 0 Å². The van der Waals surface area contributed by atoms with Crippen LogP contribution in [-0.2, 0) is 4.79 Å². The summed E-state index contributed by atoms with van der Waals surface area (Å²) < 4.78 is 0. The van der Waals surface area contributed by atoms with Crippen LogP contribution in [0.4, 0.5) is 0 Å². The fourth-order valence-electron chi connectivity index (χ4n) is 8.69. The summed E-state index contributed by atoms with van der Waals surface area (Å²) in [4.78, 5) is 11.8. The van der Waals surface area contributed by atoms with Crippen LogP contribution in [0.15, 0.2) is 11.6 Å². The third kappa shape index (κ3) is 2.37. The van der Waals surface area contributed by atoms with E-state index in [0.717, 1.165) is 51.4 Å². The Labute approximate surface area is 163 Å². The Hall–Kier alpha value is -0.670. The van der Waals surface area contributed by atoms with Crippen LogP contribution in [0.1, 0.15) is 84.5 Å². The van der Waals surface area contributed by atoms with Crippen molar-refractivity contribution in [3.63, 3.8) is 0 Å². The molecule has 0 amide bonds. The lowest BCUT2D eigenvalue weighted by Gasteiger charge is -2.63. The summed E-state index contributed by atoms with van der Waals surface area (Å²) in [5.74, 6) is 2.30. The minimum absolute atomic E-state index is 0.0675. The molecule has 0 spiro atoms. The second-order valence-corrected chi connectivity index (χ2v) is 11.1. The number of carbonyl (C=O) groups excluding carboxylic acids is 1. The lowest BCUT2D eigenvalue weighted by atomic mass is 9.43. The van der Waals surface area contributed by atoms with Gasteiger partial charge in [0.15, 0.2) is 5.78 Å². The Morgan fingerprint density at radius 3 is 2.52 bits per heavy atom. The molecule has 0 bridgehead atoms. The van der Waals surface area contributed by atoms with Gasteiger partial charge in [-0.05, 0) is 99.4 Å². The van der Waals surface area contributed by atoms with Crippen molar-refractivity contribution in [1.82, 2.24) is 0 Å². The minimum Gasteiger partial charge on any atom is -0.393 e. The average Bonchev–Trinajstić information content (AvgIpc) is 3.16. The molecule has 8 atom stereocenters. The SMILES string of the molecule is CC12CCC(O)C[C@H]1CCC1C2CCC2(C)C(C3=CC(=O)CC3)CCC12O. The summed E-state index contributed by atoms with van der Waals surface area (Å²) in [6, 6.07) is 0. The molecule has 5 aliphatic carbocycles. The maximum Gasteiger partial charge on any atom is 0.155 e. The Morgan fingerprint density at radius 2 is 1.78 bits per heavy atom. The molecule has 3 nitrogen and oxygen atoms in total. The van der Waals surface area contributed by atoms with Crippen molar-refractivity contribution in [3.8, 4) is 0 Å². The first-order valence-electron chi connectivity index (χ1n) is 11.4. The number of ketones is 1. The average molecular weight is 373 g/mol. The number of aliphatic hydroxyl groups excluding tert-OH is 1. The van der Waals surface area contributed by atoms with Gasteiger partial charge in [0.05, 0.1) is 11.7 Å². The molecule has 0 saturated heterocycles. The second kappa shape index (κ2) is 5.92. The van der Waals surface area contributed by atoms with Crippen molar-refractivity contribution in [2.24, 2.45) is 34.5 Å². The quantitative estimate of drug-likeness (QED) is 0.717. The fourth-order valence-corrected chi connectivity index (χ4v) is 8.69. The summed E-state index contributed by atoms with van der Waals surface area (Å²) in [5, 5.41) is 22.4. The van der Waals surface area contributed by atoms with Crippen LogP contribution in [0.3, 0.4) is 0 Å². The van der Waals surface area contributed by atoms with E-state index in [1.54, 1.807) is 0 Å².